The molecule has 1 aromatic heterocycles. The lowest BCUT2D eigenvalue weighted by molar-refractivity contribution is 0.0628. The van der Waals surface area contributed by atoms with E-state index in [0.717, 1.165) is 29.8 Å². The van der Waals surface area contributed by atoms with Crippen LogP contribution in [0, 0.1) is 16.7 Å². The molecule has 0 unspecified atom stereocenters. The van der Waals surface area contributed by atoms with Crippen molar-refractivity contribution in [2.75, 3.05) is 18.0 Å². The second-order valence-corrected chi connectivity index (χ2v) is 7.74. The van der Waals surface area contributed by atoms with E-state index in [4.69, 9.17) is 10.2 Å². The highest BCUT2D eigenvalue weighted by Gasteiger charge is 2.52. The number of anilines is 1. The third kappa shape index (κ3) is 2.40. The van der Waals surface area contributed by atoms with Crippen LogP contribution in [0.2, 0.25) is 0 Å². The molecule has 5 rings (SSSR count). The van der Waals surface area contributed by atoms with E-state index < -0.39 is 0 Å². The standard InChI is InChI=1S/C22H19N3O/c23-12-15-1-7-20-17(9-15)4-8-21(24-20)25-13-22(14-25)10-18(11-22)16-2-5-19(26)6-3-16/h1-9,18,26H,10-11,13-14H2. The highest BCUT2D eigenvalue weighted by Crippen LogP contribution is 2.56. The number of aromatic nitrogens is 1. The van der Waals surface area contributed by atoms with Crippen molar-refractivity contribution >= 4 is 16.7 Å². The van der Waals surface area contributed by atoms with Crippen LogP contribution < -0.4 is 4.90 Å². The minimum atomic E-state index is 0.335. The minimum absolute atomic E-state index is 0.335. The summed E-state index contributed by atoms with van der Waals surface area (Å²) in [7, 11) is 0. The van der Waals surface area contributed by atoms with E-state index in [-0.39, 0.29) is 0 Å². The predicted molar refractivity (Wildman–Crippen MR) is 101 cm³/mol. The van der Waals surface area contributed by atoms with Crippen molar-refractivity contribution in [3.8, 4) is 11.8 Å². The Morgan fingerprint density at radius 2 is 1.81 bits per heavy atom. The third-order valence-electron chi connectivity index (χ3n) is 5.90. The van der Waals surface area contributed by atoms with E-state index >= 15 is 0 Å². The largest absolute Gasteiger partial charge is 0.508 e. The summed E-state index contributed by atoms with van der Waals surface area (Å²) in [6, 6.07) is 19.6. The van der Waals surface area contributed by atoms with Gasteiger partial charge in [-0.3, -0.25) is 0 Å². The molecule has 1 aliphatic carbocycles. The molecule has 1 saturated heterocycles. The van der Waals surface area contributed by atoms with Crippen LogP contribution in [0.1, 0.15) is 29.9 Å². The van der Waals surface area contributed by atoms with Gasteiger partial charge in [0.05, 0.1) is 17.1 Å². The van der Waals surface area contributed by atoms with Crippen LogP contribution in [0.25, 0.3) is 10.9 Å². The molecule has 0 radical (unpaired) electrons. The van der Waals surface area contributed by atoms with Crippen LogP contribution in [0.15, 0.2) is 54.6 Å². The van der Waals surface area contributed by atoms with Crippen molar-refractivity contribution in [2.24, 2.45) is 5.41 Å². The Labute approximate surface area is 152 Å². The van der Waals surface area contributed by atoms with E-state index in [1.807, 2.05) is 30.3 Å². The number of fused-ring (bicyclic) bond motifs is 1. The summed E-state index contributed by atoms with van der Waals surface area (Å²) in [5.41, 5.74) is 3.39. The second-order valence-electron chi connectivity index (χ2n) is 7.74. The molecule has 0 bridgehead atoms. The Hall–Kier alpha value is -3.06. The summed E-state index contributed by atoms with van der Waals surface area (Å²) in [4.78, 5) is 7.12. The van der Waals surface area contributed by atoms with Gasteiger partial charge in [0.2, 0.25) is 0 Å². The quantitative estimate of drug-likeness (QED) is 0.759. The van der Waals surface area contributed by atoms with Crippen molar-refractivity contribution in [1.82, 2.24) is 4.98 Å². The second kappa shape index (κ2) is 5.47. The van der Waals surface area contributed by atoms with Gasteiger partial charge in [0, 0.05) is 23.9 Å². The van der Waals surface area contributed by atoms with E-state index in [1.54, 1.807) is 12.1 Å². The van der Waals surface area contributed by atoms with Gasteiger partial charge in [0.25, 0.3) is 0 Å². The first kappa shape index (κ1) is 15.2. The number of phenolic OH excluding ortho intramolecular Hbond substituents is 1. The van der Waals surface area contributed by atoms with E-state index in [0.29, 0.717) is 22.6 Å². The number of rotatable bonds is 2. The number of hydrogen-bond acceptors (Lipinski definition) is 4. The van der Waals surface area contributed by atoms with Gasteiger partial charge < -0.3 is 10.0 Å². The first-order valence-corrected chi connectivity index (χ1v) is 8.99. The zero-order valence-corrected chi connectivity index (χ0v) is 14.4. The van der Waals surface area contributed by atoms with Crippen molar-refractivity contribution in [3.63, 3.8) is 0 Å². The lowest BCUT2D eigenvalue weighted by Crippen LogP contribution is -2.62. The maximum atomic E-state index is 9.43. The number of nitrogens with zero attached hydrogens (tertiary/aromatic N) is 3. The van der Waals surface area contributed by atoms with Crippen LogP contribution in [0.5, 0.6) is 5.75 Å². The number of aromatic hydroxyl groups is 1. The number of nitriles is 1. The zero-order valence-electron chi connectivity index (χ0n) is 14.4. The molecule has 1 spiro atoms. The molecule has 128 valence electrons. The molecule has 1 saturated carbocycles. The Morgan fingerprint density at radius 3 is 2.54 bits per heavy atom. The number of benzene rings is 2. The van der Waals surface area contributed by atoms with Gasteiger partial charge in [0.1, 0.15) is 11.6 Å². The molecule has 1 aliphatic heterocycles. The minimum Gasteiger partial charge on any atom is -0.508 e. The molecule has 1 N–H and O–H groups in total. The van der Waals surface area contributed by atoms with Crippen molar-refractivity contribution in [1.29, 1.82) is 5.26 Å². The monoisotopic (exact) mass is 341 g/mol. The Morgan fingerprint density at radius 1 is 1.04 bits per heavy atom. The van der Waals surface area contributed by atoms with Crippen LogP contribution in [-0.4, -0.2) is 23.2 Å². The summed E-state index contributed by atoms with van der Waals surface area (Å²) in [6.45, 7) is 2.13. The van der Waals surface area contributed by atoms with E-state index in [1.165, 1.54) is 18.4 Å². The molecule has 2 aromatic carbocycles. The first-order chi connectivity index (χ1) is 12.6. The highest BCUT2D eigenvalue weighted by molar-refractivity contribution is 5.82. The fourth-order valence-electron chi connectivity index (χ4n) is 4.51. The average molecular weight is 341 g/mol. The molecule has 2 fully saturated rings. The van der Waals surface area contributed by atoms with Gasteiger partial charge in [-0.1, -0.05) is 12.1 Å². The lowest BCUT2D eigenvalue weighted by atomic mass is 9.56. The predicted octanol–water partition coefficient (Wildman–Crippen LogP) is 4.20. The average Bonchev–Trinajstić information content (AvgIpc) is 2.60. The third-order valence-corrected chi connectivity index (χ3v) is 5.90. The molecule has 26 heavy (non-hydrogen) atoms. The topological polar surface area (TPSA) is 60.2 Å². The maximum absolute atomic E-state index is 9.43. The van der Waals surface area contributed by atoms with Crippen LogP contribution in [0.4, 0.5) is 5.82 Å². The Bertz CT molecular complexity index is 1020. The fraction of sp³-hybridized carbons (Fsp3) is 0.273. The summed E-state index contributed by atoms with van der Waals surface area (Å²) in [6.07, 6.45) is 2.43. The molecular weight excluding hydrogens is 322 g/mol. The first-order valence-electron chi connectivity index (χ1n) is 8.99. The van der Waals surface area contributed by atoms with Crippen molar-refractivity contribution in [2.45, 2.75) is 18.8 Å². The van der Waals surface area contributed by atoms with Gasteiger partial charge in [-0.2, -0.15) is 5.26 Å². The summed E-state index contributed by atoms with van der Waals surface area (Å²) < 4.78 is 0. The van der Waals surface area contributed by atoms with Gasteiger partial charge in [-0.05, 0) is 66.8 Å². The molecule has 2 aliphatic rings. The lowest BCUT2D eigenvalue weighted by Gasteiger charge is -2.59. The molecule has 2 heterocycles. The maximum Gasteiger partial charge on any atom is 0.129 e. The Kier molecular flexibility index (Phi) is 3.20. The van der Waals surface area contributed by atoms with E-state index in [9.17, 15) is 5.11 Å². The Balaban J connectivity index is 1.27. The number of pyridine rings is 1. The van der Waals surface area contributed by atoms with Crippen LogP contribution >= 0.6 is 0 Å². The highest BCUT2D eigenvalue weighted by atomic mass is 16.3. The van der Waals surface area contributed by atoms with Crippen molar-refractivity contribution in [3.05, 3.63) is 65.7 Å². The van der Waals surface area contributed by atoms with Crippen LogP contribution in [-0.2, 0) is 0 Å². The molecule has 0 amide bonds. The summed E-state index contributed by atoms with van der Waals surface area (Å²) in [5.74, 6) is 1.98. The van der Waals surface area contributed by atoms with E-state index in [2.05, 4.69) is 23.1 Å². The molecule has 4 nitrogen and oxygen atoms in total. The molecule has 3 aromatic rings. The number of phenols is 1. The molecular formula is C22H19N3O. The zero-order chi connectivity index (χ0) is 17.7. The smallest absolute Gasteiger partial charge is 0.129 e. The van der Waals surface area contributed by atoms with Crippen LogP contribution in [0.3, 0.4) is 0 Å². The number of hydrogen-bond donors (Lipinski definition) is 1. The SMILES string of the molecule is N#Cc1ccc2nc(N3CC4(CC(c5ccc(O)cc5)C4)C3)ccc2c1. The van der Waals surface area contributed by atoms with Gasteiger partial charge in [-0.15, -0.1) is 0 Å². The summed E-state index contributed by atoms with van der Waals surface area (Å²) in [5, 5.41) is 19.4. The summed E-state index contributed by atoms with van der Waals surface area (Å²) >= 11 is 0. The van der Waals surface area contributed by atoms with Crippen molar-refractivity contribution < 1.29 is 5.11 Å². The fourth-order valence-corrected chi connectivity index (χ4v) is 4.51. The molecule has 0 atom stereocenters. The van der Waals surface area contributed by atoms with Gasteiger partial charge in [0.15, 0.2) is 0 Å². The molecule has 4 heteroatoms. The normalized spacial score (nSPS) is 18.3. The van der Waals surface area contributed by atoms with Gasteiger partial charge in [-0.25, -0.2) is 4.98 Å². The van der Waals surface area contributed by atoms with Gasteiger partial charge >= 0.3 is 0 Å².